The molecular formula is C11H18. The van der Waals surface area contributed by atoms with Gasteiger partial charge in [-0.25, -0.2) is 0 Å². The average Bonchev–Trinajstić information content (AvgIpc) is 2.01. The summed E-state index contributed by atoms with van der Waals surface area (Å²) in [6.45, 7) is 6.00. The standard InChI is InChI=1S/C11H18/c1-3-4-7-11-8-5-6-10(2)9-11/h3,6,11H,1,4-5,7-9H2,2H3. The summed E-state index contributed by atoms with van der Waals surface area (Å²) < 4.78 is 0. The molecule has 0 bridgehead atoms. The first-order valence-corrected chi connectivity index (χ1v) is 4.59. The van der Waals surface area contributed by atoms with Gasteiger partial charge in [-0.2, -0.15) is 0 Å². The Hall–Kier alpha value is -0.520. The van der Waals surface area contributed by atoms with E-state index in [2.05, 4.69) is 19.6 Å². The molecule has 0 heteroatoms. The fraction of sp³-hybridized carbons (Fsp3) is 0.636. The van der Waals surface area contributed by atoms with Gasteiger partial charge < -0.3 is 0 Å². The molecule has 1 unspecified atom stereocenters. The van der Waals surface area contributed by atoms with Crippen LogP contribution in [0.1, 0.15) is 39.0 Å². The Balaban J connectivity index is 2.26. The zero-order chi connectivity index (χ0) is 8.10. The molecule has 0 spiro atoms. The van der Waals surface area contributed by atoms with Crippen LogP contribution in [0.4, 0.5) is 0 Å². The zero-order valence-electron chi connectivity index (χ0n) is 7.47. The summed E-state index contributed by atoms with van der Waals surface area (Å²) in [5, 5.41) is 0. The van der Waals surface area contributed by atoms with Gasteiger partial charge >= 0.3 is 0 Å². The maximum Gasteiger partial charge on any atom is -0.0294 e. The van der Waals surface area contributed by atoms with Gasteiger partial charge in [0.05, 0.1) is 0 Å². The minimum absolute atomic E-state index is 0.943. The highest BCUT2D eigenvalue weighted by Crippen LogP contribution is 2.27. The number of allylic oxidation sites excluding steroid dienone is 3. The van der Waals surface area contributed by atoms with Crippen LogP contribution < -0.4 is 0 Å². The Morgan fingerprint density at radius 1 is 1.73 bits per heavy atom. The molecule has 1 rings (SSSR count). The monoisotopic (exact) mass is 150 g/mol. The summed E-state index contributed by atoms with van der Waals surface area (Å²) in [6, 6.07) is 0. The van der Waals surface area contributed by atoms with Gasteiger partial charge in [-0.05, 0) is 44.9 Å². The number of hydrogen-bond donors (Lipinski definition) is 0. The van der Waals surface area contributed by atoms with E-state index in [4.69, 9.17) is 0 Å². The summed E-state index contributed by atoms with van der Waals surface area (Å²) in [5.41, 5.74) is 1.59. The Morgan fingerprint density at radius 3 is 3.18 bits per heavy atom. The number of rotatable bonds is 3. The quantitative estimate of drug-likeness (QED) is 0.538. The van der Waals surface area contributed by atoms with E-state index < -0.39 is 0 Å². The molecule has 0 aliphatic heterocycles. The van der Waals surface area contributed by atoms with Crippen molar-refractivity contribution in [3.63, 3.8) is 0 Å². The van der Waals surface area contributed by atoms with Crippen molar-refractivity contribution >= 4 is 0 Å². The molecule has 11 heavy (non-hydrogen) atoms. The van der Waals surface area contributed by atoms with Crippen molar-refractivity contribution in [3.8, 4) is 0 Å². The van der Waals surface area contributed by atoms with Gasteiger partial charge in [0.25, 0.3) is 0 Å². The molecule has 1 aliphatic carbocycles. The molecule has 1 aliphatic rings. The normalized spacial score (nSPS) is 24.5. The molecule has 0 radical (unpaired) electrons. The van der Waals surface area contributed by atoms with Crippen LogP contribution in [0.25, 0.3) is 0 Å². The van der Waals surface area contributed by atoms with Gasteiger partial charge in [0, 0.05) is 0 Å². The van der Waals surface area contributed by atoms with Crippen molar-refractivity contribution in [3.05, 3.63) is 24.3 Å². The van der Waals surface area contributed by atoms with Gasteiger partial charge in [0.2, 0.25) is 0 Å². The lowest BCUT2D eigenvalue weighted by Gasteiger charge is -2.19. The van der Waals surface area contributed by atoms with Crippen LogP contribution in [0.3, 0.4) is 0 Å². The van der Waals surface area contributed by atoms with Gasteiger partial charge in [-0.15, -0.1) is 6.58 Å². The van der Waals surface area contributed by atoms with Crippen molar-refractivity contribution in [2.45, 2.75) is 39.0 Å². The molecule has 1 atom stereocenters. The maximum atomic E-state index is 3.75. The third kappa shape index (κ3) is 2.92. The van der Waals surface area contributed by atoms with Gasteiger partial charge in [0.1, 0.15) is 0 Å². The van der Waals surface area contributed by atoms with Crippen molar-refractivity contribution < 1.29 is 0 Å². The van der Waals surface area contributed by atoms with Crippen LogP contribution in [-0.4, -0.2) is 0 Å². The first-order chi connectivity index (χ1) is 5.33. The summed E-state index contributed by atoms with van der Waals surface area (Å²) in [4.78, 5) is 0. The second-order valence-electron chi connectivity index (χ2n) is 3.56. The molecule has 0 N–H and O–H groups in total. The van der Waals surface area contributed by atoms with Crippen molar-refractivity contribution in [1.29, 1.82) is 0 Å². The summed E-state index contributed by atoms with van der Waals surface area (Å²) in [6.07, 6.45) is 11.0. The third-order valence-electron chi connectivity index (χ3n) is 2.46. The highest BCUT2D eigenvalue weighted by molar-refractivity contribution is 5.03. The van der Waals surface area contributed by atoms with Crippen LogP contribution in [-0.2, 0) is 0 Å². The Bertz CT molecular complexity index is 153. The first kappa shape index (κ1) is 8.58. The highest BCUT2D eigenvalue weighted by atomic mass is 14.2. The Morgan fingerprint density at radius 2 is 2.55 bits per heavy atom. The van der Waals surface area contributed by atoms with E-state index in [1.165, 1.54) is 32.1 Å². The summed E-state index contributed by atoms with van der Waals surface area (Å²) in [7, 11) is 0. The second-order valence-corrected chi connectivity index (χ2v) is 3.56. The van der Waals surface area contributed by atoms with Crippen molar-refractivity contribution in [2.75, 3.05) is 0 Å². The van der Waals surface area contributed by atoms with Crippen molar-refractivity contribution in [2.24, 2.45) is 5.92 Å². The minimum atomic E-state index is 0.943. The van der Waals surface area contributed by atoms with E-state index in [1.807, 2.05) is 6.08 Å². The molecule has 62 valence electrons. The predicted molar refractivity (Wildman–Crippen MR) is 50.5 cm³/mol. The van der Waals surface area contributed by atoms with Crippen LogP contribution >= 0.6 is 0 Å². The lowest BCUT2D eigenvalue weighted by molar-refractivity contribution is 0.437. The SMILES string of the molecule is C=CCCC1CCC=C(C)C1. The molecule has 0 heterocycles. The summed E-state index contributed by atoms with van der Waals surface area (Å²) >= 11 is 0. The first-order valence-electron chi connectivity index (χ1n) is 4.59. The maximum absolute atomic E-state index is 3.75. The lowest BCUT2D eigenvalue weighted by atomic mass is 9.86. The zero-order valence-corrected chi connectivity index (χ0v) is 7.47. The fourth-order valence-electron chi connectivity index (χ4n) is 1.81. The smallest absolute Gasteiger partial charge is 0.0294 e. The third-order valence-corrected chi connectivity index (χ3v) is 2.46. The molecule has 0 fully saturated rings. The highest BCUT2D eigenvalue weighted by Gasteiger charge is 2.11. The van der Waals surface area contributed by atoms with Gasteiger partial charge in [-0.3, -0.25) is 0 Å². The average molecular weight is 150 g/mol. The molecular weight excluding hydrogens is 132 g/mol. The lowest BCUT2D eigenvalue weighted by Crippen LogP contribution is -2.04. The van der Waals surface area contributed by atoms with E-state index in [0.29, 0.717) is 0 Å². The second kappa shape index (κ2) is 4.38. The van der Waals surface area contributed by atoms with E-state index in [0.717, 1.165) is 5.92 Å². The fourth-order valence-corrected chi connectivity index (χ4v) is 1.81. The molecule has 0 aromatic heterocycles. The molecule has 0 aromatic rings. The predicted octanol–water partition coefficient (Wildman–Crippen LogP) is 3.70. The molecule has 0 saturated heterocycles. The molecule has 0 nitrogen and oxygen atoms in total. The van der Waals surface area contributed by atoms with Crippen molar-refractivity contribution in [1.82, 2.24) is 0 Å². The minimum Gasteiger partial charge on any atom is -0.103 e. The molecule has 0 aromatic carbocycles. The Kier molecular flexibility index (Phi) is 3.41. The Labute approximate surface area is 70.0 Å². The van der Waals surface area contributed by atoms with Crippen LogP contribution in [0.2, 0.25) is 0 Å². The topological polar surface area (TPSA) is 0 Å². The molecule has 0 saturated carbocycles. The van der Waals surface area contributed by atoms with Gasteiger partial charge in [0.15, 0.2) is 0 Å². The van der Waals surface area contributed by atoms with Crippen LogP contribution in [0, 0.1) is 5.92 Å². The van der Waals surface area contributed by atoms with E-state index >= 15 is 0 Å². The van der Waals surface area contributed by atoms with Gasteiger partial charge in [-0.1, -0.05) is 17.7 Å². The number of hydrogen-bond acceptors (Lipinski definition) is 0. The van der Waals surface area contributed by atoms with Crippen LogP contribution in [0.5, 0.6) is 0 Å². The van der Waals surface area contributed by atoms with Crippen LogP contribution in [0.15, 0.2) is 24.3 Å². The largest absolute Gasteiger partial charge is 0.103 e. The van der Waals surface area contributed by atoms with E-state index in [1.54, 1.807) is 5.57 Å². The van der Waals surface area contributed by atoms with E-state index in [9.17, 15) is 0 Å². The van der Waals surface area contributed by atoms with E-state index in [-0.39, 0.29) is 0 Å². The summed E-state index contributed by atoms with van der Waals surface area (Å²) in [5.74, 6) is 0.943. The molecule has 0 amide bonds.